The molecule has 2 heteroatoms. The Balaban J connectivity index is 0.983. The maximum atomic E-state index is 2.40. The quantitative estimate of drug-likeness (QED) is 0.155. The first kappa shape index (κ1) is 35.7. The zero-order valence-corrected chi connectivity index (χ0v) is 34.4. The summed E-state index contributed by atoms with van der Waals surface area (Å²) in [6.07, 6.45) is 6.80. The first-order valence-electron chi connectivity index (χ1n) is 21.3. The van der Waals surface area contributed by atoms with Gasteiger partial charge in [0.1, 0.15) is 0 Å². The predicted molar refractivity (Wildman–Crippen MR) is 260 cm³/mol. The number of hydrogen-bond acceptors (Lipinski definition) is 2. The van der Waals surface area contributed by atoms with Gasteiger partial charge in [-0.3, -0.25) is 0 Å². The van der Waals surface area contributed by atoms with Crippen LogP contribution in [0.2, 0.25) is 0 Å². The van der Waals surface area contributed by atoms with Crippen molar-refractivity contribution in [2.45, 2.75) is 18.3 Å². The fourth-order valence-corrected chi connectivity index (χ4v) is 11.7. The monoisotopic (exact) mass is 795 g/mol. The van der Waals surface area contributed by atoms with Crippen LogP contribution in [0.25, 0.3) is 58.8 Å². The van der Waals surface area contributed by atoms with Gasteiger partial charge in [0, 0.05) is 37.2 Å². The third-order valence-electron chi connectivity index (χ3n) is 13.1. The first-order chi connectivity index (χ1) is 30.3. The first-order valence-corrected chi connectivity index (χ1v) is 22.1. The van der Waals surface area contributed by atoms with Crippen molar-refractivity contribution in [1.29, 1.82) is 0 Å². The number of benzene rings is 9. The Bertz CT molecular complexity index is 3320. The number of nitrogens with zero attached hydrogens (tertiary/aromatic N) is 1. The second kappa shape index (κ2) is 14.5. The molecule has 0 fully saturated rings. The molecule has 288 valence electrons. The predicted octanol–water partition coefficient (Wildman–Crippen LogP) is 16.5. The molecule has 1 aromatic heterocycles. The van der Waals surface area contributed by atoms with Gasteiger partial charge in [0.2, 0.25) is 0 Å². The van der Waals surface area contributed by atoms with Gasteiger partial charge in [-0.25, -0.2) is 0 Å². The van der Waals surface area contributed by atoms with Crippen LogP contribution in [0.15, 0.2) is 230 Å². The lowest BCUT2D eigenvalue weighted by Crippen LogP contribution is -2.30. The normalized spacial score (nSPS) is 15.7. The van der Waals surface area contributed by atoms with Gasteiger partial charge in [-0.2, -0.15) is 0 Å². The van der Waals surface area contributed by atoms with E-state index < -0.39 is 0 Å². The Kier molecular flexibility index (Phi) is 8.47. The van der Waals surface area contributed by atoms with E-state index in [4.69, 9.17) is 0 Å². The van der Waals surface area contributed by atoms with E-state index in [1.165, 1.54) is 86.6 Å². The minimum absolute atomic E-state index is 0.361. The summed E-state index contributed by atoms with van der Waals surface area (Å²) in [5.74, 6) is 0. The molecular formula is C59H41NS. The molecule has 0 amide bonds. The van der Waals surface area contributed by atoms with Crippen molar-refractivity contribution in [3.8, 4) is 22.3 Å². The second-order valence-electron chi connectivity index (χ2n) is 16.3. The Hall–Kier alpha value is -7.26. The van der Waals surface area contributed by atoms with Crippen LogP contribution in [0.5, 0.6) is 0 Å². The third-order valence-corrected chi connectivity index (χ3v) is 14.4. The largest absolute Gasteiger partial charge is 0.311 e. The number of rotatable bonds is 7. The smallest absolute Gasteiger partial charge is 0.0676 e. The van der Waals surface area contributed by atoms with E-state index in [-0.39, 0.29) is 5.41 Å². The van der Waals surface area contributed by atoms with Crippen LogP contribution in [0, 0.1) is 0 Å². The molecular weight excluding hydrogens is 755 g/mol. The molecule has 1 nitrogen and oxygen atoms in total. The van der Waals surface area contributed by atoms with E-state index in [0.717, 1.165) is 29.9 Å². The number of hydrogen-bond donors (Lipinski definition) is 0. The molecule has 9 aromatic carbocycles. The number of anilines is 3. The van der Waals surface area contributed by atoms with Crippen molar-refractivity contribution in [2.75, 3.05) is 4.90 Å². The summed E-state index contributed by atoms with van der Waals surface area (Å²) < 4.78 is 2.69. The molecule has 0 N–H and O–H groups in total. The van der Waals surface area contributed by atoms with Crippen molar-refractivity contribution in [1.82, 2.24) is 0 Å². The topological polar surface area (TPSA) is 3.24 Å². The molecule has 1 atom stereocenters. The summed E-state index contributed by atoms with van der Waals surface area (Å²) in [6, 6.07) is 78.6. The lowest BCUT2D eigenvalue weighted by Gasteiger charge is -2.37. The molecule has 1 heterocycles. The van der Waals surface area contributed by atoms with Crippen LogP contribution in [0.4, 0.5) is 17.1 Å². The van der Waals surface area contributed by atoms with Gasteiger partial charge < -0.3 is 4.90 Å². The lowest BCUT2D eigenvalue weighted by atomic mass is 9.65. The number of thiophene rings is 1. The Morgan fingerprint density at radius 1 is 0.410 bits per heavy atom. The van der Waals surface area contributed by atoms with Gasteiger partial charge in [0.05, 0.1) is 5.41 Å². The summed E-state index contributed by atoms with van der Waals surface area (Å²) in [5, 5.41) is 5.25. The highest BCUT2D eigenvalue weighted by Gasteiger charge is 2.47. The van der Waals surface area contributed by atoms with Crippen molar-refractivity contribution in [3.63, 3.8) is 0 Å². The Labute approximate surface area is 360 Å². The summed E-state index contributed by atoms with van der Waals surface area (Å²) in [5.41, 5.74) is 16.1. The van der Waals surface area contributed by atoms with E-state index in [0.29, 0.717) is 0 Å². The summed E-state index contributed by atoms with van der Waals surface area (Å²) in [7, 11) is 0. The molecule has 12 rings (SSSR count). The summed E-state index contributed by atoms with van der Waals surface area (Å²) in [4.78, 5) is 2.40. The number of allylic oxidation sites excluding steroid dienone is 4. The van der Waals surface area contributed by atoms with Crippen molar-refractivity contribution >= 4 is 64.9 Å². The maximum Gasteiger partial charge on any atom is 0.0676 e. The second-order valence-corrected chi connectivity index (χ2v) is 17.3. The van der Waals surface area contributed by atoms with Gasteiger partial charge in [0.25, 0.3) is 0 Å². The molecule has 10 aromatic rings. The molecule has 0 spiro atoms. The van der Waals surface area contributed by atoms with Crippen molar-refractivity contribution in [2.24, 2.45) is 0 Å². The molecule has 61 heavy (non-hydrogen) atoms. The van der Waals surface area contributed by atoms with Gasteiger partial charge in [-0.1, -0.05) is 188 Å². The summed E-state index contributed by atoms with van der Waals surface area (Å²) in [6.45, 7) is 0. The van der Waals surface area contributed by atoms with E-state index in [1.807, 2.05) is 11.3 Å². The van der Waals surface area contributed by atoms with Crippen LogP contribution in [0.1, 0.15) is 35.1 Å². The fraction of sp³-hybridized carbons (Fsp3) is 0.0508. The number of fused-ring (bicyclic) bond motifs is 7. The highest BCUT2D eigenvalue weighted by atomic mass is 32.1. The minimum atomic E-state index is -0.361. The molecule has 0 saturated carbocycles. The Morgan fingerprint density at radius 3 is 1.75 bits per heavy atom. The molecule has 1 unspecified atom stereocenters. The summed E-state index contributed by atoms with van der Waals surface area (Å²) >= 11 is 1.91. The highest BCUT2D eigenvalue weighted by molar-refractivity contribution is 7.27. The zero-order chi connectivity index (χ0) is 40.3. The van der Waals surface area contributed by atoms with E-state index in [2.05, 4.69) is 229 Å². The average molecular weight is 796 g/mol. The molecule has 0 aliphatic heterocycles. The van der Waals surface area contributed by atoms with Crippen LogP contribution >= 0.6 is 11.3 Å². The van der Waals surface area contributed by atoms with Gasteiger partial charge >= 0.3 is 0 Å². The van der Waals surface area contributed by atoms with Crippen LogP contribution in [-0.2, 0) is 5.41 Å². The van der Waals surface area contributed by atoms with Gasteiger partial charge in [0.15, 0.2) is 0 Å². The minimum Gasteiger partial charge on any atom is -0.311 e. The SMILES string of the molecule is C1=CC2=C(CC1)C(c1ccccc1)(c1ccc(N(c3ccc(-c4ccccc4)cc3)c3ccc(-c4cccc5c4sc4c6ccccc6ccc54)cc3)cc1)c1ccccc12. The fourth-order valence-electron chi connectivity index (χ4n) is 10.3. The molecule has 2 aliphatic rings. The molecule has 0 bridgehead atoms. The third kappa shape index (κ3) is 5.67. The molecule has 0 radical (unpaired) electrons. The lowest BCUT2D eigenvalue weighted by molar-refractivity contribution is 0.696. The standard InChI is InChI=1S/C59H41NS/c1-3-14-40(15-4-1)41-26-33-46(34-27-41)60(47-35-28-43(29-36-47)50-22-13-23-53-54-39-30-42-16-7-8-19-49(42)58(54)61-57(50)53)48-37-31-45(32-38-48)59(44-17-5-2-6-18-44)55-24-11-9-20-51(55)52-21-10-12-25-56(52)59/h1-11,13-24,26-39H,12,25H2. The molecule has 0 saturated heterocycles. The van der Waals surface area contributed by atoms with Crippen LogP contribution < -0.4 is 4.90 Å². The van der Waals surface area contributed by atoms with E-state index in [9.17, 15) is 0 Å². The van der Waals surface area contributed by atoms with Gasteiger partial charge in [-0.05, 0) is 116 Å². The highest BCUT2D eigenvalue weighted by Crippen LogP contribution is 2.57. The molecule has 2 aliphatic carbocycles. The van der Waals surface area contributed by atoms with Crippen molar-refractivity contribution in [3.05, 3.63) is 252 Å². The van der Waals surface area contributed by atoms with Crippen LogP contribution in [-0.4, -0.2) is 0 Å². The van der Waals surface area contributed by atoms with Gasteiger partial charge in [-0.15, -0.1) is 11.3 Å². The Morgan fingerprint density at radius 2 is 0.984 bits per heavy atom. The zero-order valence-electron chi connectivity index (χ0n) is 33.6. The maximum absolute atomic E-state index is 2.40. The van der Waals surface area contributed by atoms with E-state index in [1.54, 1.807) is 0 Å². The van der Waals surface area contributed by atoms with Crippen LogP contribution in [0.3, 0.4) is 0 Å². The average Bonchev–Trinajstić information content (AvgIpc) is 3.88. The van der Waals surface area contributed by atoms with E-state index >= 15 is 0 Å². The van der Waals surface area contributed by atoms with Crippen molar-refractivity contribution < 1.29 is 0 Å².